The van der Waals surface area contributed by atoms with E-state index in [1.807, 2.05) is 24.3 Å². The van der Waals surface area contributed by atoms with Gasteiger partial charge in [-0.2, -0.15) is 0 Å². The number of carbonyl (C=O) groups excluding carboxylic acids is 2. The summed E-state index contributed by atoms with van der Waals surface area (Å²) in [6.45, 7) is 4.20. The Labute approximate surface area is 136 Å². The highest BCUT2D eigenvalue weighted by molar-refractivity contribution is 5.95. The molecule has 5 nitrogen and oxygen atoms in total. The van der Waals surface area contributed by atoms with Gasteiger partial charge in [-0.05, 0) is 62.4 Å². The average Bonchev–Trinajstić information content (AvgIpc) is 3.22. The second-order valence-corrected chi connectivity index (χ2v) is 6.54. The van der Waals surface area contributed by atoms with Crippen molar-refractivity contribution in [2.75, 3.05) is 25.0 Å². The van der Waals surface area contributed by atoms with Gasteiger partial charge in [0.25, 0.3) is 0 Å². The first kappa shape index (κ1) is 16.0. The van der Waals surface area contributed by atoms with Crippen LogP contribution in [0, 0.1) is 11.3 Å². The Kier molecular flexibility index (Phi) is 4.66. The summed E-state index contributed by atoms with van der Waals surface area (Å²) in [4.78, 5) is 24.0. The van der Waals surface area contributed by atoms with Crippen molar-refractivity contribution in [2.24, 2.45) is 11.3 Å². The molecule has 2 aliphatic rings. The third-order valence-electron chi connectivity index (χ3n) is 4.95. The lowest BCUT2D eigenvalue weighted by Gasteiger charge is -2.23. The van der Waals surface area contributed by atoms with E-state index < -0.39 is 0 Å². The van der Waals surface area contributed by atoms with E-state index in [2.05, 4.69) is 10.6 Å². The number of amides is 1. The number of ether oxygens (including phenoxy) is 1. The monoisotopic (exact) mass is 316 g/mol. The summed E-state index contributed by atoms with van der Waals surface area (Å²) in [5.74, 6) is 0.00493. The molecule has 1 unspecified atom stereocenters. The van der Waals surface area contributed by atoms with Crippen molar-refractivity contribution in [1.82, 2.24) is 5.32 Å². The number of carbonyl (C=O) groups is 2. The third-order valence-corrected chi connectivity index (χ3v) is 4.95. The fraction of sp³-hybridized carbons (Fsp3) is 0.556. The Bertz CT molecular complexity index is 594. The highest BCUT2D eigenvalue weighted by Crippen LogP contribution is 2.58. The summed E-state index contributed by atoms with van der Waals surface area (Å²) < 4.78 is 4.96. The molecular weight excluding hydrogens is 292 g/mol. The molecule has 0 bridgehead atoms. The van der Waals surface area contributed by atoms with Gasteiger partial charge in [0, 0.05) is 11.6 Å². The summed E-state index contributed by atoms with van der Waals surface area (Å²) in [6, 6.07) is 7.45. The Hall–Kier alpha value is -1.88. The van der Waals surface area contributed by atoms with Crippen LogP contribution in [0.4, 0.5) is 5.69 Å². The third kappa shape index (κ3) is 3.72. The molecule has 5 heteroatoms. The van der Waals surface area contributed by atoms with Crippen molar-refractivity contribution in [3.05, 3.63) is 29.8 Å². The zero-order valence-corrected chi connectivity index (χ0v) is 13.6. The molecule has 1 saturated heterocycles. The van der Waals surface area contributed by atoms with E-state index in [0.29, 0.717) is 6.61 Å². The van der Waals surface area contributed by atoms with Gasteiger partial charge in [-0.25, -0.2) is 0 Å². The molecule has 1 saturated carbocycles. The van der Waals surface area contributed by atoms with Crippen LogP contribution in [0.2, 0.25) is 0 Å². The second-order valence-electron chi connectivity index (χ2n) is 6.54. The fourth-order valence-corrected chi connectivity index (χ4v) is 3.56. The maximum absolute atomic E-state index is 12.5. The zero-order valence-electron chi connectivity index (χ0n) is 13.6. The maximum atomic E-state index is 12.5. The number of nitrogens with one attached hydrogen (secondary N) is 2. The zero-order chi connectivity index (χ0) is 16.3. The normalized spacial score (nSPS) is 21.7. The van der Waals surface area contributed by atoms with E-state index >= 15 is 0 Å². The average molecular weight is 316 g/mol. The standard InChI is InChI=1S/C18H24N2O3/c1-2-23-16(21)11-13-4-3-5-14(10-13)20-17(22)15-12-18(15)6-8-19-9-7-18/h3-5,10,15,19H,2,6-9,11-12H2,1H3,(H,20,22). The van der Waals surface area contributed by atoms with Gasteiger partial charge < -0.3 is 15.4 Å². The van der Waals surface area contributed by atoms with E-state index in [1.165, 1.54) is 0 Å². The minimum Gasteiger partial charge on any atom is -0.466 e. The summed E-state index contributed by atoms with van der Waals surface area (Å²) in [5, 5.41) is 6.36. The van der Waals surface area contributed by atoms with E-state index in [-0.39, 0.29) is 29.6 Å². The van der Waals surface area contributed by atoms with Gasteiger partial charge in [-0.15, -0.1) is 0 Å². The Morgan fingerprint density at radius 3 is 2.87 bits per heavy atom. The number of esters is 1. The molecule has 2 N–H and O–H groups in total. The van der Waals surface area contributed by atoms with Gasteiger partial charge in [0.2, 0.25) is 5.91 Å². The van der Waals surface area contributed by atoms with Crippen LogP contribution >= 0.6 is 0 Å². The number of rotatable bonds is 5. The topological polar surface area (TPSA) is 67.4 Å². The van der Waals surface area contributed by atoms with Crippen LogP contribution in [0.15, 0.2) is 24.3 Å². The molecule has 1 spiro atoms. The second kappa shape index (κ2) is 6.71. The molecule has 1 aromatic carbocycles. The quantitative estimate of drug-likeness (QED) is 0.817. The summed E-state index contributed by atoms with van der Waals surface area (Å²) in [5.41, 5.74) is 1.85. The molecule has 2 fully saturated rings. The molecule has 1 aliphatic carbocycles. The summed E-state index contributed by atoms with van der Waals surface area (Å²) in [7, 11) is 0. The Morgan fingerprint density at radius 2 is 2.13 bits per heavy atom. The minimum absolute atomic E-state index is 0.111. The highest BCUT2D eigenvalue weighted by Gasteiger charge is 2.57. The molecule has 1 atom stereocenters. The largest absolute Gasteiger partial charge is 0.466 e. The SMILES string of the molecule is CCOC(=O)Cc1cccc(NC(=O)C2CC23CCNCC3)c1. The number of hydrogen-bond acceptors (Lipinski definition) is 4. The van der Waals surface area contributed by atoms with Crippen LogP contribution < -0.4 is 10.6 Å². The molecule has 1 heterocycles. The van der Waals surface area contributed by atoms with Crippen LogP contribution in [-0.2, 0) is 20.7 Å². The predicted octanol–water partition coefficient (Wildman–Crippen LogP) is 2.12. The van der Waals surface area contributed by atoms with Crippen LogP contribution in [-0.4, -0.2) is 31.6 Å². The van der Waals surface area contributed by atoms with Gasteiger partial charge in [0.05, 0.1) is 13.0 Å². The van der Waals surface area contributed by atoms with Gasteiger partial charge >= 0.3 is 5.97 Å². The van der Waals surface area contributed by atoms with Crippen LogP contribution in [0.3, 0.4) is 0 Å². The molecule has 1 aromatic rings. The fourth-order valence-electron chi connectivity index (χ4n) is 3.56. The molecule has 1 aliphatic heterocycles. The molecule has 1 amide bonds. The van der Waals surface area contributed by atoms with Crippen LogP contribution in [0.1, 0.15) is 31.7 Å². The van der Waals surface area contributed by atoms with Crippen molar-refractivity contribution >= 4 is 17.6 Å². The van der Waals surface area contributed by atoms with Crippen molar-refractivity contribution in [3.8, 4) is 0 Å². The number of hydrogen-bond donors (Lipinski definition) is 2. The van der Waals surface area contributed by atoms with E-state index in [1.54, 1.807) is 6.92 Å². The molecular formula is C18H24N2O3. The number of piperidine rings is 1. The van der Waals surface area contributed by atoms with Crippen molar-refractivity contribution < 1.29 is 14.3 Å². The number of anilines is 1. The van der Waals surface area contributed by atoms with E-state index in [4.69, 9.17) is 4.74 Å². The Morgan fingerprint density at radius 1 is 1.35 bits per heavy atom. The molecule has 23 heavy (non-hydrogen) atoms. The summed E-state index contributed by atoms with van der Waals surface area (Å²) >= 11 is 0. The predicted molar refractivity (Wildman–Crippen MR) is 88.1 cm³/mol. The first-order chi connectivity index (χ1) is 11.1. The smallest absolute Gasteiger partial charge is 0.310 e. The van der Waals surface area contributed by atoms with Gasteiger partial charge in [-0.1, -0.05) is 12.1 Å². The first-order valence-electron chi connectivity index (χ1n) is 8.39. The van der Waals surface area contributed by atoms with E-state index in [0.717, 1.165) is 43.6 Å². The summed E-state index contributed by atoms with van der Waals surface area (Å²) in [6.07, 6.45) is 3.42. The van der Waals surface area contributed by atoms with Crippen molar-refractivity contribution in [1.29, 1.82) is 0 Å². The van der Waals surface area contributed by atoms with Gasteiger partial charge in [0.1, 0.15) is 0 Å². The van der Waals surface area contributed by atoms with Crippen LogP contribution in [0.5, 0.6) is 0 Å². The first-order valence-corrected chi connectivity index (χ1v) is 8.39. The van der Waals surface area contributed by atoms with Crippen molar-refractivity contribution in [2.45, 2.75) is 32.6 Å². The van der Waals surface area contributed by atoms with Gasteiger partial charge in [0.15, 0.2) is 0 Å². The van der Waals surface area contributed by atoms with Crippen molar-refractivity contribution in [3.63, 3.8) is 0 Å². The lowest BCUT2D eigenvalue weighted by molar-refractivity contribution is -0.142. The lowest BCUT2D eigenvalue weighted by Crippen LogP contribution is -2.31. The van der Waals surface area contributed by atoms with Crippen LogP contribution in [0.25, 0.3) is 0 Å². The molecule has 3 rings (SSSR count). The molecule has 124 valence electrons. The molecule has 0 aromatic heterocycles. The Balaban J connectivity index is 1.58. The molecule has 0 radical (unpaired) electrons. The maximum Gasteiger partial charge on any atom is 0.310 e. The van der Waals surface area contributed by atoms with Gasteiger partial charge in [-0.3, -0.25) is 9.59 Å². The lowest BCUT2D eigenvalue weighted by atomic mass is 9.92. The van der Waals surface area contributed by atoms with E-state index in [9.17, 15) is 9.59 Å². The minimum atomic E-state index is -0.244. The number of benzene rings is 1. The highest BCUT2D eigenvalue weighted by atomic mass is 16.5.